The number of nitrogens with zero attached hydrogens (tertiary/aromatic N) is 2. The normalized spacial score (nSPS) is 22.5. The Kier molecular flexibility index (Phi) is 2.70. The molecule has 0 radical (unpaired) electrons. The van der Waals surface area contributed by atoms with Crippen molar-refractivity contribution in [2.75, 3.05) is 13.1 Å². The Morgan fingerprint density at radius 1 is 1.16 bits per heavy atom. The van der Waals surface area contributed by atoms with E-state index in [-0.39, 0.29) is 37.5 Å². The first-order valence-electron chi connectivity index (χ1n) is 6.09. The maximum absolute atomic E-state index is 12.2. The molecule has 2 aliphatic rings. The highest BCUT2D eigenvalue weighted by Gasteiger charge is 2.47. The Balaban J connectivity index is 1.81. The van der Waals surface area contributed by atoms with Gasteiger partial charge in [0.25, 0.3) is 5.91 Å². The van der Waals surface area contributed by atoms with Gasteiger partial charge >= 0.3 is 6.03 Å². The van der Waals surface area contributed by atoms with E-state index in [1.807, 2.05) is 30.3 Å². The van der Waals surface area contributed by atoms with E-state index < -0.39 is 6.04 Å². The summed E-state index contributed by atoms with van der Waals surface area (Å²) in [5.74, 6) is -0.465. The summed E-state index contributed by atoms with van der Waals surface area (Å²) < 4.78 is 0. The molecule has 19 heavy (non-hydrogen) atoms. The third-order valence-electron chi connectivity index (χ3n) is 3.39. The average Bonchev–Trinajstić information content (AvgIpc) is 2.65. The summed E-state index contributed by atoms with van der Waals surface area (Å²) in [4.78, 5) is 38.2. The van der Waals surface area contributed by atoms with Crippen LogP contribution in [-0.2, 0) is 16.1 Å². The van der Waals surface area contributed by atoms with E-state index in [4.69, 9.17) is 0 Å². The Hall–Kier alpha value is -2.37. The van der Waals surface area contributed by atoms with Gasteiger partial charge in [-0.3, -0.25) is 14.5 Å². The summed E-state index contributed by atoms with van der Waals surface area (Å²) in [6, 6.07) is 8.39. The topological polar surface area (TPSA) is 69.7 Å². The number of fused-ring (bicyclic) bond motifs is 1. The second kappa shape index (κ2) is 4.38. The van der Waals surface area contributed by atoms with Crippen LogP contribution in [-0.4, -0.2) is 46.8 Å². The SMILES string of the molecule is O=C1CN2C(=O)N(Cc3ccccc3)C(=O)C2CN1. The molecule has 1 N–H and O–H groups in total. The number of carbonyl (C=O) groups excluding carboxylic acids is 3. The lowest BCUT2D eigenvalue weighted by molar-refractivity contribution is -0.131. The largest absolute Gasteiger partial charge is 0.352 e. The van der Waals surface area contributed by atoms with Crippen LogP contribution in [0, 0.1) is 0 Å². The highest BCUT2D eigenvalue weighted by molar-refractivity contribution is 6.06. The van der Waals surface area contributed by atoms with Crippen molar-refractivity contribution >= 4 is 17.8 Å². The van der Waals surface area contributed by atoms with Gasteiger partial charge in [-0.25, -0.2) is 4.79 Å². The van der Waals surface area contributed by atoms with Gasteiger partial charge < -0.3 is 10.2 Å². The van der Waals surface area contributed by atoms with Crippen molar-refractivity contribution in [2.24, 2.45) is 0 Å². The maximum Gasteiger partial charge on any atom is 0.328 e. The van der Waals surface area contributed by atoms with Crippen molar-refractivity contribution in [1.29, 1.82) is 0 Å². The molecule has 4 amide bonds. The monoisotopic (exact) mass is 259 g/mol. The summed E-state index contributed by atoms with van der Waals surface area (Å²) in [6.07, 6.45) is 0. The molecular weight excluding hydrogens is 246 g/mol. The van der Waals surface area contributed by atoms with E-state index in [0.29, 0.717) is 0 Å². The first-order valence-corrected chi connectivity index (χ1v) is 6.09. The average molecular weight is 259 g/mol. The van der Waals surface area contributed by atoms with Gasteiger partial charge in [0.15, 0.2) is 0 Å². The van der Waals surface area contributed by atoms with E-state index in [9.17, 15) is 14.4 Å². The van der Waals surface area contributed by atoms with Crippen LogP contribution in [0.5, 0.6) is 0 Å². The minimum absolute atomic E-state index is 0.0411. The number of urea groups is 1. The van der Waals surface area contributed by atoms with Gasteiger partial charge in [-0.15, -0.1) is 0 Å². The van der Waals surface area contributed by atoms with E-state index in [1.165, 1.54) is 9.80 Å². The quantitative estimate of drug-likeness (QED) is 0.757. The highest BCUT2D eigenvalue weighted by Crippen LogP contribution is 2.21. The van der Waals surface area contributed by atoms with Gasteiger partial charge in [0.05, 0.1) is 6.54 Å². The molecule has 0 bridgehead atoms. The molecule has 2 heterocycles. The number of piperazine rings is 1. The van der Waals surface area contributed by atoms with Crippen LogP contribution in [0.25, 0.3) is 0 Å². The molecule has 2 aliphatic heterocycles. The fraction of sp³-hybridized carbons (Fsp3) is 0.308. The van der Waals surface area contributed by atoms with Crippen molar-refractivity contribution in [3.8, 4) is 0 Å². The van der Waals surface area contributed by atoms with E-state index in [0.717, 1.165) is 5.56 Å². The molecule has 2 saturated heterocycles. The van der Waals surface area contributed by atoms with E-state index in [1.54, 1.807) is 0 Å². The number of nitrogens with one attached hydrogen (secondary N) is 1. The summed E-state index contributed by atoms with van der Waals surface area (Å²) in [5, 5.41) is 2.61. The second-order valence-electron chi connectivity index (χ2n) is 4.64. The van der Waals surface area contributed by atoms with Gasteiger partial charge in [-0.2, -0.15) is 0 Å². The predicted octanol–water partition coefficient (Wildman–Crippen LogP) is -0.0508. The molecule has 1 aromatic carbocycles. The fourth-order valence-electron chi connectivity index (χ4n) is 2.40. The zero-order chi connectivity index (χ0) is 13.4. The second-order valence-corrected chi connectivity index (χ2v) is 4.64. The minimum Gasteiger partial charge on any atom is -0.352 e. The number of rotatable bonds is 2. The van der Waals surface area contributed by atoms with Crippen molar-refractivity contribution in [1.82, 2.24) is 15.1 Å². The molecule has 0 saturated carbocycles. The molecular formula is C13H13N3O3. The summed E-state index contributed by atoms with van der Waals surface area (Å²) in [7, 11) is 0. The zero-order valence-electron chi connectivity index (χ0n) is 10.2. The fourth-order valence-corrected chi connectivity index (χ4v) is 2.40. The van der Waals surface area contributed by atoms with Crippen molar-refractivity contribution in [3.63, 3.8) is 0 Å². The van der Waals surface area contributed by atoms with Crippen LogP contribution in [0.15, 0.2) is 30.3 Å². The minimum atomic E-state index is -0.547. The molecule has 1 atom stereocenters. The van der Waals surface area contributed by atoms with Crippen LogP contribution in [0.3, 0.4) is 0 Å². The molecule has 98 valence electrons. The van der Waals surface area contributed by atoms with Gasteiger partial charge in [0, 0.05) is 6.54 Å². The smallest absolute Gasteiger partial charge is 0.328 e. The van der Waals surface area contributed by atoms with Gasteiger partial charge in [0.2, 0.25) is 5.91 Å². The van der Waals surface area contributed by atoms with Crippen molar-refractivity contribution in [2.45, 2.75) is 12.6 Å². The van der Waals surface area contributed by atoms with Crippen LogP contribution >= 0.6 is 0 Å². The Labute approximate surface area is 110 Å². The Morgan fingerprint density at radius 2 is 1.89 bits per heavy atom. The molecule has 6 nitrogen and oxygen atoms in total. The summed E-state index contributed by atoms with van der Waals surface area (Å²) >= 11 is 0. The predicted molar refractivity (Wildman–Crippen MR) is 65.9 cm³/mol. The maximum atomic E-state index is 12.2. The van der Waals surface area contributed by atoms with Gasteiger partial charge in [-0.05, 0) is 5.56 Å². The van der Waals surface area contributed by atoms with Gasteiger partial charge in [-0.1, -0.05) is 30.3 Å². The molecule has 0 aromatic heterocycles. The zero-order valence-corrected chi connectivity index (χ0v) is 10.2. The Bertz CT molecular complexity index is 543. The molecule has 0 aliphatic carbocycles. The van der Waals surface area contributed by atoms with Crippen LogP contribution < -0.4 is 5.32 Å². The van der Waals surface area contributed by atoms with E-state index >= 15 is 0 Å². The number of amides is 4. The molecule has 1 aromatic rings. The van der Waals surface area contributed by atoms with Crippen molar-refractivity contribution in [3.05, 3.63) is 35.9 Å². The number of benzene rings is 1. The highest BCUT2D eigenvalue weighted by atomic mass is 16.2. The number of imide groups is 1. The lowest BCUT2D eigenvalue weighted by Crippen LogP contribution is -2.54. The number of hydrogen-bond donors (Lipinski definition) is 1. The van der Waals surface area contributed by atoms with Crippen LogP contribution in [0.2, 0.25) is 0 Å². The summed E-state index contributed by atoms with van der Waals surface area (Å²) in [6.45, 7) is 0.412. The first kappa shape index (κ1) is 11.7. The third-order valence-corrected chi connectivity index (χ3v) is 3.39. The number of hydrogen-bond acceptors (Lipinski definition) is 3. The lowest BCUT2D eigenvalue weighted by Gasteiger charge is -2.26. The van der Waals surface area contributed by atoms with Crippen molar-refractivity contribution < 1.29 is 14.4 Å². The first-order chi connectivity index (χ1) is 9.16. The third kappa shape index (κ3) is 1.95. The molecule has 1 unspecified atom stereocenters. The standard InChI is InChI=1S/C13H13N3O3/c17-11-8-15-10(6-14-11)12(18)16(13(15)19)7-9-4-2-1-3-5-9/h1-5,10H,6-8H2,(H,14,17). The molecule has 3 rings (SSSR count). The Morgan fingerprint density at radius 3 is 2.63 bits per heavy atom. The lowest BCUT2D eigenvalue weighted by atomic mass is 10.2. The summed E-state index contributed by atoms with van der Waals surface area (Å²) in [5.41, 5.74) is 0.892. The molecule has 2 fully saturated rings. The number of carbonyl (C=O) groups is 3. The van der Waals surface area contributed by atoms with Gasteiger partial charge in [0.1, 0.15) is 12.6 Å². The van der Waals surface area contributed by atoms with E-state index in [2.05, 4.69) is 5.32 Å². The van der Waals surface area contributed by atoms with Crippen LogP contribution in [0.1, 0.15) is 5.56 Å². The van der Waals surface area contributed by atoms with Crippen LogP contribution in [0.4, 0.5) is 4.79 Å². The molecule has 6 heteroatoms. The molecule has 0 spiro atoms.